The van der Waals surface area contributed by atoms with Crippen LogP contribution in [-0.2, 0) is 9.84 Å². The number of rotatable bonds is 11. The number of nitrogens with one attached hydrogen (secondary N) is 1. The van der Waals surface area contributed by atoms with Crippen molar-refractivity contribution in [3.05, 3.63) is 0 Å². The molecule has 33 heavy (non-hydrogen) atoms. The lowest BCUT2D eigenvalue weighted by molar-refractivity contribution is -0.458. The van der Waals surface area contributed by atoms with Crippen LogP contribution in [0.2, 0.25) is 0 Å². The van der Waals surface area contributed by atoms with Gasteiger partial charge >= 0.3 is 47.0 Å². The Morgan fingerprint density at radius 1 is 0.545 bits per heavy atom. The largest absolute Gasteiger partial charge is 0.460 e. The highest BCUT2D eigenvalue weighted by atomic mass is 32.2. The number of alkyl halides is 17. The van der Waals surface area contributed by atoms with Gasteiger partial charge in [0.2, 0.25) is 9.84 Å². The summed E-state index contributed by atoms with van der Waals surface area (Å²) in [4.78, 5) is 0. The summed E-state index contributed by atoms with van der Waals surface area (Å²) in [6.07, 6.45) is -7.85. The van der Waals surface area contributed by atoms with Gasteiger partial charge in [0, 0.05) is 6.54 Å². The lowest BCUT2D eigenvalue weighted by atomic mass is 9.91. The first-order valence-corrected chi connectivity index (χ1v) is 9.36. The van der Waals surface area contributed by atoms with Crippen LogP contribution in [0.15, 0.2) is 0 Å². The highest BCUT2D eigenvalue weighted by molar-refractivity contribution is 7.92. The second-order valence-corrected chi connectivity index (χ2v) is 8.28. The van der Waals surface area contributed by atoms with Gasteiger partial charge in [0.05, 0.1) is 5.75 Å². The molecule has 0 bridgehead atoms. The minimum Gasteiger partial charge on any atom is -0.316 e. The van der Waals surface area contributed by atoms with Gasteiger partial charge in [-0.25, -0.2) is 8.42 Å². The fourth-order valence-corrected chi connectivity index (χ4v) is 3.04. The molecule has 0 aliphatic heterocycles. The summed E-state index contributed by atoms with van der Waals surface area (Å²) in [5, 5.41) is -5.56. The lowest BCUT2D eigenvalue weighted by Crippen LogP contribution is -2.75. The van der Waals surface area contributed by atoms with Gasteiger partial charge in [0.15, 0.2) is 0 Å². The maximum atomic E-state index is 13.6. The van der Waals surface area contributed by atoms with Crippen LogP contribution in [0, 0.1) is 0 Å². The lowest BCUT2D eigenvalue weighted by Gasteiger charge is -2.42. The Morgan fingerprint density at radius 3 is 1.15 bits per heavy atom. The van der Waals surface area contributed by atoms with E-state index in [1.54, 1.807) is 0 Å². The summed E-state index contributed by atoms with van der Waals surface area (Å²) in [5.41, 5.74) is 0. The van der Waals surface area contributed by atoms with Crippen LogP contribution in [0.1, 0.15) is 6.92 Å². The topological polar surface area (TPSA) is 46.2 Å². The molecule has 0 heterocycles. The van der Waals surface area contributed by atoms with Crippen molar-refractivity contribution in [3.63, 3.8) is 0 Å². The summed E-state index contributed by atoms with van der Waals surface area (Å²) in [6, 6.07) is 0. The molecule has 0 amide bonds. The molecule has 0 radical (unpaired) electrons. The Bertz CT molecular complexity index is 801. The molecule has 0 rings (SSSR count). The molecule has 0 unspecified atom stereocenters. The van der Waals surface area contributed by atoms with Gasteiger partial charge in [-0.05, 0) is 6.54 Å². The van der Waals surface area contributed by atoms with E-state index in [1.807, 2.05) is 5.32 Å². The average Bonchev–Trinajstić information content (AvgIpc) is 2.59. The Kier molecular flexibility index (Phi) is 8.11. The Morgan fingerprint density at radius 2 is 0.848 bits per heavy atom. The minimum absolute atomic E-state index is 0.263. The number of hydrogen-bond donors (Lipinski definition) is 1. The highest BCUT2D eigenvalue weighted by Gasteiger charge is 2.96. The van der Waals surface area contributed by atoms with E-state index in [-0.39, 0.29) is 6.54 Å². The molecule has 200 valence electrons. The molecule has 0 fully saturated rings. The molecule has 0 aromatic heterocycles. The quantitative estimate of drug-likeness (QED) is 0.289. The van der Waals surface area contributed by atoms with Crippen molar-refractivity contribution < 1.29 is 83.1 Å². The number of sulfone groups is 1. The molecule has 0 atom stereocenters. The monoisotopic (exact) mass is 555 g/mol. The van der Waals surface area contributed by atoms with Gasteiger partial charge in [0.25, 0.3) is 0 Å². The number of hydrogen-bond acceptors (Lipinski definition) is 3. The molecule has 0 saturated carbocycles. The molecule has 0 saturated heterocycles. The molecule has 0 spiro atoms. The second kappa shape index (κ2) is 8.43. The van der Waals surface area contributed by atoms with Crippen LogP contribution in [0.3, 0.4) is 0 Å². The van der Waals surface area contributed by atoms with Crippen molar-refractivity contribution in [3.8, 4) is 0 Å². The second-order valence-electron chi connectivity index (χ2n) is 6.13. The van der Waals surface area contributed by atoms with Crippen molar-refractivity contribution in [2.75, 3.05) is 18.8 Å². The Labute approximate surface area is 172 Å². The van der Waals surface area contributed by atoms with Crippen LogP contribution in [0.25, 0.3) is 0 Å². The molecule has 0 aliphatic carbocycles. The van der Waals surface area contributed by atoms with E-state index in [0.29, 0.717) is 0 Å². The van der Waals surface area contributed by atoms with Crippen LogP contribution in [-0.4, -0.2) is 74.2 Å². The van der Waals surface area contributed by atoms with Crippen molar-refractivity contribution >= 4 is 9.84 Å². The van der Waals surface area contributed by atoms with Gasteiger partial charge in [-0.1, -0.05) is 6.92 Å². The maximum Gasteiger partial charge on any atom is 0.460 e. The minimum atomic E-state index is -8.80. The molecular weight excluding hydrogens is 545 g/mol. The van der Waals surface area contributed by atoms with E-state index in [4.69, 9.17) is 0 Å². The van der Waals surface area contributed by atoms with E-state index in [1.165, 1.54) is 0 Å². The van der Waals surface area contributed by atoms with Crippen LogP contribution in [0.4, 0.5) is 74.6 Å². The van der Waals surface area contributed by atoms with Crippen LogP contribution < -0.4 is 5.32 Å². The van der Waals surface area contributed by atoms with Gasteiger partial charge in [-0.3, -0.25) is 0 Å². The van der Waals surface area contributed by atoms with Gasteiger partial charge in [0.1, 0.15) is 0 Å². The van der Waals surface area contributed by atoms with Crippen molar-refractivity contribution in [1.82, 2.24) is 5.32 Å². The smallest absolute Gasteiger partial charge is 0.316 e. The van der Waals surface area contributed by atoms with E-state index >= 15 is 0 Å². The standard InChI is InChI=1S/C12H10F17NO2S/c1-2-30-3-4-33(31,32)12(28,29)10(23,24)8(19,20)6(15,16)5(13,14)7(17,18)9(21,22)11(25,26)27/h30H,2-4H2,1H3. The first-order chi connectivity index (χ1) is 14.1. The van der Waals surface area contributed by atoms with Gasteiger partial charge < -0.3 is 5.32 Å². The van der Waals surface area contributed by atoms with Gasteiger partial charge in [-0.15, -0.1) is 0 Å². The van der Waals surface area contributed by atoms with Crippen molar-refractivity contribution in [1.29, 1.82) is 0 Å². The molecular formula is C12H10F17NO2S. The summed E-state index contributed by atoms with van der Waals surface area (Å²) in [5.74, 6) is -53.6. The predicted octanol–water partition coefficient (Wildman–Crippen LogP) is 4.98. The predicted molar refractivity (Wildman–Crippen MR) is 73.0 cm³/mol. The zero-order valence-corrected chi connectivity index (χ0v) is 16.1. The highest BCUT2D eigenvalue weighted by Crippen LogP contribution is 2.64. The Balaban J connectivity index is 6.77. The fourth-order valence-electron chi connectivity index (χ4n) is 1.86. The summed E-state index contributed by atoms with van der Waals surface area (Å²) >= 11 is 0. The molecule has 0 aliphatic rings. The number of halogens is 17. The van der Waals surface area contributed by atoms with E-state index < -0.39 is 69.1 Å². The maximum absolute atomic E-state index is 13.6. The third-order valence-electron chi connectivity index (χ3n) is 3.88. The SMILES string of the molecule is CCNCCS(=O)(=O)C(F)(F)C(F)(F)C(F)(F)C(F)(F)C(F)(F)C(F)(F)C(F)(F)C(F)(F)F. The fraction of sp³-hybridized carbons (Fsp3) is 1.00. The molecule has 3 nitrogen and oxygen atoms in total. The molecule has 0 aromatic rings. The third kappa shape index (κ3) is 4.30. The van der Waals surface area contributed by atoms with E-state index in [0.717, 1.165) is 6.92 Å². The van der Waals surface area contributed by atoms with Crippen LogP contribution in [0.5, 0.6) is 0 Å². The molecule has 0 aromatic carbocycles. The molecule has 21 heteroatoms. The normalized spacial score (nSPS) is 16.3. The summed E-state index contributed by atoms with van der Waals surface area (Å²) in [7, 11) is -6.99. The Hall–Kier alpha value is -1.28. The van der Waals surface area contributed by atoms with Crippen molar-refractivity contribution in [2.24, 2.45) is 0 Å². The zero-order valence-electron chi connectivity index (χ0n) is 15.3. The summed E-state index contributed by atoms with van der Waals surface area (Å²) < 4.78 is 244. The average molecular weight is 555 g/mol. The first-order valence-electron chi connectivity index (χ1n) is 7.70. The van der Waals surface area contributed by atoms with Gasteiger partial charge in [-0.2, -0.15) is 74.6 Å². The van der Waals surface area contributed by atoms with Crippen LogP contribution >= 0.6 is 0 Å². The third-order valence-corrected chi connectivity index (χ3v) is 5.66. The first kappa shape index (κ1) is 31.7. The van der Waals surface area contributed by atoms with E-state index in [2.05, 4.69) is 0 Å². The molecule has 1 N–H and O–H groups in total. The van der Waals surface area contributed by atoms with E-state index in [9.17, 15) is 83.1 Å². The van der Waals surface area contributed by atoms with Crippen molar-refractivity contribution in [2.45, 2.75) is 53.9 Å². The zero-order chi connectivity index (χ0) is 27.3. The summed E-state index contributed by atoms with van der Waals surface area (Å²) in [6.45, 7) is -0.341.